The van der Waals surface area contributed by atoms with Crippen molar-refractivity contribution >= 4 is 17.9 Å². The van der Waals surface area contributed by atoms with Gasteiger partial charge in [0.05, 0.1) is 7.11 Å². The van der Waals surface area contributed by atoms with E-state index in [-0.39, 0.29) is 5.25 Å². The Morgan fingerprint density at radius 3 is 2.75 bits per heavy atom. The quantitative estimate of drug-likeness (QED) is 0.578. The van der Waals surface area contributed by atoms with E-state index < -0.39 is 0 Å². The van der Waals surface area contributed by atoms with E-state index in [2.05, 4.69) is 41.4 Å². The summed E-state index contributed by atoms with van der Waals surface area (Å²) in [5.41, 5.74) is 1.83. The molecule has 146 valence electrons. The van der Waals surface area contributed by atoms with Crippen LogP contribution in [0.2, 0.25) is 0 Å². The second-order valence-corrected chi connectivity index (χ2v) is 8.17. The number of pyridine rings is 1. The van der Waals surface area contributed by atoms with Crippen molar-refractivity contribution in [3.8, 4) is 17.4 Å². The Hall–Kier alpha value is -2.68. The normalized spacial score (nSPS) is 14.7. The molecule has 8 nitrogen and oxygen atoms in total. The molecule has 3 aromatic heterocycles. The molecule has 9 heteroatoms. The fourth-order valence-electron chi connectivity index (χ4n) is 2.84. The predicted octanol–water partition coefficient (Wildman–Crippen LogP) is 3.47. The molecule has 0 bridgehead atoms. The summed E-state index contributed by atoms with van der Waals surface area (Å²) in [5.74, 6) is 2.93. The van der Waals surface area contributed by atoms with E-state index in [1.165, 1.54) is 0 Å². The summed E-state index contributed by atoms with van der Waals surface area (Å²) in [5, 5.41) is 9.04. The summed E-state index contributed by atoms with van der Waals surface area (Å²) >= 11 is 1.61. The standard InChI is InChI=1S/C19H23N7OS/c1-12-10-20-16(21-11-12)9-13(2)28-25-19-24-23-18(26(19)14-7-8-14)15-5-4-6-17(22-15)27-3/h4-6,10-11,13-14H,7-9H2,1-3H3,(H,24,25). The molecule has 1 aliphatic rings. The molecule has 1 fully saturated rings. The SMILES string of the molecule is COc1cccc(-c2nnc(NSC(C)Cc3ncc(C)cn3)n2C2CC2)n1. The van der Waals surface area contributed by atoms with Gasteiger partial charge < -0.3 is 4.74 Å². The van der Waals surface area contributed by atoms with Gasteiger partial charge in [0.15, 0.2) is 5.82 Å². The van der Waals surface area contributed by atoms with Gasteiger partial charge in [0, 0.05) is 36.2 Å². The molecule has 0 saturated heterocycles. The van der Waals surface area contributed by atoms with Gasteiger partial charge in [-0.2, -0.15) is 0 Å². The lowest BCUT2D eigenvalue weighted by Crippen LogP contribution is -2.10. The second-order valence-electron chi connectivity index (χ2n) is 6.92. The van der Waals surface area contributed by atoms with Crippen molar-refractivity contribution in [2.45, 2.75) is 44.4 Å². The molecule has 0 radical (unpaired) electrons. The van der Waals surface area contributed by atoms with Crippen molar-refractivity contribution in [2.24, 2.45) is 0 Å². The van der Waals surface area contributed by atoms with Crippen LogP contribution in [0.3, 0.4) is 0 Å². The number of methoxy groups -OCH3 is 1. The molecule has 0 spiro atoms. The van der Waals surface area contributed by atoms with Crippen LogP contribution < -0.4 is 9.46 Å². The van der Waals surface area contributed by atoms with Crippen LogP contribution >= 0.6 is 11.9 Å². The molecule has 4 rings (SSSR count). The van der Waals surface area contributed by atoms with Gasteiger partial charge in [-0.15, -0.1) is 10.2 Å². The zero-order valence-electron chi connectivity index (χ0n) is 16.2. The van der Waals surface area contributed by atoms with Gasteiger partial charge >= 0.3 is 0 Å². The van der Waals surface area contributed by atoms with Crippen molar-refractivity contribution in [3.63, 3.8) is 0 Å². The molecular weight excluding hydrogens is 374 g/mol. The number of nitrogens with zero attached hydrogens (tertiary/aromatic N) is 6. The lowest BCUT2D eigenvalue weighted by atomic mass is 10.3. The van der Waals surface area contributed by atoms with Crippen LogP contribution in [0.15, 0.2) is 30.6 Å². The molecule has 0 aliphatic heterocycles. The van der Waals surface area contributed by atoms with Crippen LogP contribution in [0.1, 0.15) is 37.2 Å². The third kappa shape index (κ3) is 4.24. The first-order chi connectivity index (χ1) is 13.6. The molecule has 1 saturated carbocycles. The van der Waals surface area contributed by atoms with Crippen molar-refractivity contribution in [2.75, 3.05) is 11.8 Å². The van der Waals surface area contributed by atoms with E-state index >= 15 is 0 Å². The molecule has 1 aliphatic carbocycles. The highest BCUT2D eigenvalue weighted by Crippen LogP contribution is 2.40. The highest BCUT2D eigenvalue weighted by molar-refractivity contribution is 8.01. The maximum Gasteiger partial charge on any atom is 0.235 e. The molecule has 28 heavy (non-hydrogen) atoms. The lowest BCUT2D eigenvalue weighted by Gasteiger charge is -2.13. The Morgan fingerprint density at radius 1 is 1.25 bits per heavy atom. The number of anilines is 1. The molecule has 0 amide bonds. The van der Waals surface area contributed by atoms with Crippen molar-refractivity contribution in [1.29, 1.82) is 0 Å². The number of aryl methyl sites for hydroxylation is 1. The van der Waals surface area contributed by atoms with Gasteiger partial charge in [0.1, 0.15) is 11.5 Å². The second kappa shape index (κ2) is 8.14. The first-order valence-corrected chi connectivity index (χ1v) is 10.2. The largest absolute Gasteiger partial charge is 0.481 e. The highest BCUT2D eigenvalue weighted by atomic mass is 32.2. The minimum atomic E-state index is 0.283. The average molecular weight is 398 g/mol. The van der Waals surface area contributed by atoms with E-state index in [0.29, 0.717) is 11.9 Å². The molecule has 1 unspecified atom stereocenters. The van der Waals surface area contributed by atoms with Crippen LogP contribution in [0.5, 0.6) is 5.88 Å². The third-order valence-corrected chi connectivity index (χ3v) is 5.29. The number of rotatable bonds is 8. The summed E-state index contributed by atoms with van der Waals surface area (Å²) in [6.07, 6.45) is 6.73. The predicted molar refractivity (Wildman–Crippen MR) is 109 cm³/mol. The average Bonchev–Trinajstić information content (AvgIpc) is 3.47. The third-order valence-electron chi connectivity index (χ3n) is 4.43. The fourth-order valence-corrected chi connectivity index (χ4v) is 3.52. The monoisotopic (exact) mass is 397 g/mol. The van der Waals surface area contributed by atoms with Crippen LogP contribution in [-0.4, -0.2) is 42.1 Å². The van der Waals surface area contributed by atoms with Gasteiger partial charge in [-0.25, -0.2) is 15.0 Å². The topological polar surface area (TPSA) is 90.6 Å². The maximum absolute atomic E-state index is 5.24. The Labute approximate surface area is 168 Å². The van der Waals surface area contributed by atoms with Gasteiger partial charge in [-0.1, -0.05) is 13.0 Å². The molecule has 3 heterocycles. The van der Waals surface area contributed by atoms with Crippen molar-refractivity contribution < 1.29 is 4.74 Å². The fraction of sp³-hybridized carbons (Fsp3) is 0.421. The van der Waals surface area contributed by atoms with Gasteiger partial charge in [0.2, 0.25) is 11.8 Å². The van der Waals surface area contributed by atoms with Gasteiger partial charge in [-0.3, -0.25) is 9.29 Å². The summed E-state index contributed by atoms with van der Waals surface area (Å²) < 4.78 is 10.8. The molecule has 1 atom stereocenters. The molecule has 0 aromatic carbocycles. The van der Waals surface area contributed by atoms with Crippen molar-refractivity contribution in [3.05, 3.63) is 42.0 Å². The van der Waals surface area contributed by atoms with Crippen LogP contribution in [0, 0.1) is 6.92 Å². The first-order valence-electron chi connectivity index (χ1n) is 9.29. The first kappa shape index (κ1) is 18.7. The van der Waals surface area contributed by atoms with Crippen LogP contribution in [-0.2, 0) is 6.42 Å². The van der Waals surface area contributed by atoms with E-state index in [4.69, 9.17) is 4.74 Å². The lowest BCUT2D eigenvalue weighted by molar-refractivity contribution is 0.398. The van der Waals surface area contributed by atoms with Gasteiger partial charge in [-0.05, 0) is 43.3 Å². The Balaban J connectivity index is 1.47. The minimum Gasteiger partial charge on any atom is -0.481 e. The summed E-state index contributed by atoms with van der Waals surface area (Å²) in [4.78, 5) is 13.3. The smallest absolute Gasteiger partial charge is 0.235 e. The van der Waals surface area contributed by atoms with E-state index in [1.807, 2.05) is 37.5 Å². The molecule has 1 N–H and O–H groups in total. The van der Waals surface area contributed by atoms with Crippen LogP contribution in [0.25, 0.3) is 11.5 Å². The summed E-state index contributed by atoms with van der Waals surface area (Å²) in [6, 6.07) is 6.08. The Bertz CT molecular complexity index is 940. The van der Waals surface area contributed by atoms with E-state index in [1.54, 1.807) is 19.1 Å². The number of hydrogen-bond donors (Lipinski definition) is 1. The number of ether oxygens (including phenoxy) is 1. The van der Waals surface area contributed by atoms with Crippen molar-refractivity contribution in [1.82, 2.24) is 29.7 Å². The highest BCUT2D eigenvalue weighted by Gasteiger charge is 2.30. The molecular formula is C19H23N7OS. The van der Waals surface area contributed by atoms with Crippen LogP contribution in [0.4, 0.5) is 5.95 Å². The Kier molecular flexibility index (Phi) is 5.43. The number of nitrogens with one attached hydrogen (secondary N) is 1. The van der Waals surface area contributed by atoms with E-state index in [0.717, 1.165) is 48.1 Å². The van der Waals surface area contributed by atoms with E-state index in [9.17, 15) is 0 Å². The number of hydrogen-bond acceptors (Lipinski definition) is 8. The maximum atomic E-state index is 5.24. The minimum absolute atomic E-state index is 0.283. The Morgan fingerprint density at radius 2 is 2.04 bits per heavy atom. The zero-order valence-corrected chi connectivity index (χ0v) is 17.0. The molecule has 3 aromatic rings. The summed E-state index contributed by atoms with van der Waals surface area (Å²) in [7, 11) is 1.61. The van der Waals surface area contributed by atoms with Gasteiger partial charge in [0.25, 0.3) is 0 Å². The zero-order chi connectivity index (χ0) is 19.5. The number of aromatic nitrogens is 6. The summed E-state index contributed by atoms with van der Waals surface area (Å²) in [6.45, 7) is 4.13.